The molecule has 1 fully saturated rings. The van der Waals surface area contributed by atoms with Crippen LogP contribution in [0.3, 0.4) is 0 Å². The van der Waals surface area contributed by atoms with E-state index in [-0.39, 0.29) is 41.7 Å². The summed E-state index contributed by atoms with van der Waals surface area (Å²) < 4.78 is 53.8. The van der Waals surface area contributed by atoms with Crippen molar-refractivity contribution in [1.29, 1.82) is 0 Å². The van der Waals surface area contributed by atoms with Gasteiger partial charge in [0, 0.05) is 57.0 Å². The van der Waals surface area contributed by atoms with E-state index in [9.17, 15) is 26.8 Å². The van der Waals surface area contributed by atoms with Crippen molar-refractivity contribution in [2.75, 3.05) is 37.6 Å². The average Bonchev–Trinajstić information content (AvgIpc) is 2.76. The van der Waals surface area contributed by atoms with E-state index in [0.29, 0.717) is 13.1 Å². The number of piperazine rings is 1. The molecule has 2 amide bonds. The Morgan fingerprint density at radius 2 is 1.58 bits per heavy atom. The largest absolute Gasteiger partial charge is 0.340 e. The van der Waals surface area contributed by atoms with E-state index in [1.165, 1.54) is 46.5 Å². The summed E-state index contributed by atoms with van der Waals surface area (Å²) in [5.41, 5.74) is 0.415. The van der Waals surface area contributed by atoms with Gasteiger partial charge in [-0.05, 0) is 43.3 Å². The van der Waals surface area contributed by atoms with Crippen LogP contribution in [0.4, 0.5) is 14.5 Å². The summed E-state index contributed by atoms with van der Waals surface area (Å²) >= 11 is 0. The first-order chi connectivity index (χ1) is 14.6. The summed E-state index contributed by atoms with van der Waals surface area (Å²) in [5.74, 6) is -2.63. The van der Waals surface area contributed by atoms with Crippen LogP contribution >= 0.6 is 0 Å². The maximum Gasteiger partial charge on any atom is 0.258 e. The van der Waals surface area contributed by atoms with Crippen molar-refractivity contribution in [1.82, 2.24) is 9.21 Å². The quantitative estimate of drug-likeness (QED) is 0.700. The fourth-order valence-electron chi connectivity index (χ4n) is 3.41. The van der Waals surface area contributed by atoms with Gasteiger partial charge in [0.2, 0.25) is 15.9 Å². The van der Waals surface area contributed by atoms with Crippen molar-refractivity contribution in [3.8, 4) is 0 Å². The van der Waals surface area contributed by atoms with E-state index in [2.05, 4.69) is 0 Å². The van der Waals surface area contributed by atoms with Gasteiger partial charge in [-0.15, -0.1) is 0 Å². The summed E-state index contributed by atoms with van der Waals surface area (Å²) in [5, 5.41) is 0. The molecule has 0 aromatic heterocycles. The number of nitrogens with zero attached hydrogens (tertiary/aromatic N) is 3. The van der Waals surface area contributed by atoms with E-state index in [4.69, 9.17) is 0 Å². The molecule has 1 aliphatic heterocycles. The number of carbonyl (C=O) groups excluding carboxylic acids is 2. The summed E-state index contributed by atoms with van der Waals surface area (Å²) in [6, 6.07) is 8.67. The molecule has 10 heteroatoms. The minimum Gasteiger partial charge on any atom is -0.340 e. The molecule has 7 nitrogen and oxygen atoms in total. The summed E-state index contributed by atoms with van der Waals surface area (Å²) in [7, 11) is -3.76. The molecule has 0 aliphatic carbocycles. The van der Waals surface area contributed by atoms with Crippen LogP contribution in [0.1, 0.15) is 24.2 Å². The topological polar surface area (TPSA) is 78.0 Å². The molecule has 2 aromatic rings. The minimum absolute atomic E-state index is 0.0381. The lowest BCUT2D eigenvalue weighted by atomic mass is 10.1. The van der Waals surface area contributed by atoms with Gasteiger partial charge >= 0.3 is 0 Å². The molecule has 31 heavy (non-hydrogen) atoms. The lowest BCUT2D eigenvalue weighted by Gasteiger charge is -2.33. The first kappa shape index (κ1) is 22.8. The number of sulfonamides is 1. The smallest absolute Gasteiger partial charge is 0.258 e. The zero-order valence-electron chi connectivity index (χ0n) is 17.2. The normalized spacial score (nSPS) is 15.0. The van der Waals surface area contributed by atoms with Crippen LogP contribution in [0.5, 0.6) is 0 Å². The van der Waals surface area contributed by atoms with Crippen LogP contribution in [0.15, 0.2) is 47.4 Å². The van der Waals surface area contributed by atoms with E-state index in [1.54, 1.807) is 11.8 Å². The zero-order valence-corrected chi connectivity index (χ0v) is 18.0. The molecule has 0 spiro atoms. The fourth-order valence-corrected chi connectivity index (χ4v) is 4.84. The van der Waals surface area contributed by atoms with Gasteiger partial charge < -0.3 is 9.80 Å². The highest BCUT2D eigenvalue weighted by atomic mass is 32.2. The van der Waals surface area contributed by atoms with Crippen LogP contribution in [0.2, 0.25) is 0 Å². The highest BCUT2D eigenvalue weighted by Gasteiger charge is 2.29. The van der Waals surface area contributed by atoms with Gasteiger partial charge in [-0.25, -0.2) is 17.2 Å². The standard InChI is InChI=1S/C21H23F2N3O4S/c1-3-26(17-6-9-19(22)20(23)14-17)21(28)16-4-7-18(8-5-16)31(29,30)25-12-10-24(11-13-25)15(2)27/h4-9,14H,3,10-13H2,1-2H3. The first-order valence-corrected chi connectivity index (χ1v) is 11.2. The van der Waals surface area contributed by atoms with E-state index in [0.717, 1.165) is 12.1 Å². The monoisotopic (exact) mass is 451 g/mol. The fraction of sp³-hybridized carbons (Fsp3) is 0.333. The van der Waals surface area contributed by atoms with Crippen molar-refractivity contribution >= 4 is 27.5 Å². The van der Waals surface area contributed by atoms with Crippen molar-refractivity contribution in [3.63, 3.8) is 0 Å². The number of carbonyl (C=O) groups is 2. The molecule has 1 saturated heterocycles. The van der Waals surface area contributed by atoms with Crippen LogP contribution in [0, 0.1) is 11.6 Å². The molecule has 0 unspecified atom stereocenters. The van der Waals surface area contributed by atoms with Gasteiger partial charge in [-0.3, -0.25) is 9.59 Å². The molecule has 0 N–H and O–H groups in total. The third-order valence-electron chi connectivity index (χ3n) is 5.20. The summed E-state index contributed by atoms with van der Waals surface area (Å²) in [6.45, 7) is 4.39. The second-order valence-electron chi connectivity index (χ2n) is 7.08. The van der Waals surface area contributed by atoms with Crippen LogP contribution in [0.25, 0.3) is 0 Å². The van der Waals surface area contributed by atoms with Crippen LogP contribution in [-0.2, 0) is 14.8 Å². The summed E-state index contributed by atoms with van der Waals surface area (Å²) in [4.78, 5) is 27.2. The van der Waals surface area contributed by atoms with Crippen molar-refractivity contribution in [2.45, 2.75) is 18.7 Å². The Hall–Kier alpha value is -2.85. The average molecular weight is 451 g/mol. The molecule has 0 atom stereocenters. The molecule has 0 radical (unpaired) electrons. The van der Waals surface area contributed by atoms with Crippen LogP contribution < -0.4 is 4.90 Å². The maximum absolute atomic E-state index is 13.6. The zero-order chi connectivity index (χ0) is 22.8. The number of hydrogen-bond acceptors (Lipinski definition) is 4. The molecule has 0 saturated carbocycles. The molecule has 1 heterocycles. The first-order valence-electron chi connectivity index (χ1n) is 9.77. The number of hydrogen-bond donors (Lipinski definition) is 0. The Kier molecular flexibility index (Phi) is 6.71. The maximum atomic E-state index is 13.6. The van der Waals surface area contributed by atoms with Crippen LogP contribution in [-0.4, -0.2) is 62.2 Å². The number of anilines is 1. The van der Waals surface area contributed by atoms with E-state index in [1.807, 2.05) is 0 Å². The van der Waals surface area contributed by atoms with Gasteiger partial charge in [-0.1, -0.05) is 0 Å². The predicted octanol–water partition coefficient (Wildman–Crippen LogP) is 2.48. The molecule has 0 bridgehead atoms. The lowest BCUT2D eigenvalue weighted by molar-refractivity contribution is -0.129. The molecule has 3 rings (SSSR count). The lowest BCUT2D eigenvalue weighted by Crippen LogP contribution is -2.49. The molecule has 2 aromatic carbocycles. The number of rotatable bonds is 5. The van der Waals surface area contributed by atoms with E-state index < -0.39 is 27.6 Å². The SMILES string of the molecule is CCN(C(=O)c1ccc(S(=O)(=O)N2CCN(C(C)=O)CC2)cc1)c1ccc(F)c(F)c1. The number of benzene rings is 2. The predicted molar refractivity (Wildman–Crippen MR) is 111 cm³/mol. The van der Waals surface area contributed by atoms with Gasteiger partial charge in [0.15, 0.2) is 11.6 Å². The Balaban J connectivity index is 1.77. The van der Waals surface area contributed by atoms with Gasteiger partial charge in [0.25, 0.3) is 5.91 Å². The third kappa shape index (κ3) is 4.75. The van der Waals surface area contributed by atoms with Crippen molar-refractivity contribution in [2.24, 2.45) is 0 Å². The minimum atomic E-state index is -3.76. The van der Waals surface area contributed by atoms with Gasteiger partial charge in [0.05, 0.1) is 4.90 Å². The van der Waals surface area contributed by atoms with Crippen molar-refractivity contribution in [3.05, 3.63) is 59.7 Å². The Morgan fingerprint density at radius 1 is 0.968 bits per heavy atom. The Morgan fingerprint density at radius 3 is 2.10 bits per heavy atom. The molecular weight excluding hydrogens is 428 g/mol. The number of amides is 2. The molecule has 1 aliphatic rings. The highest BCUT2D eigenvalue weighted by Crippen LogP contribution is 2.22. The second-order valence-corrected chi connectivity index (χ2v) is 9.02. The molecule has 166 valence electrons. The Labute approximate surface area is 179 Å². The Bertz CT molecular complexity index is 1080. The third-order valence-corrected chi connectivity index (χ3v) is 7.11. The van der Waals surface area contributed by atoms with Crippen molar-refractivity contribution < 1.29 is 26.8 Å². The highest BCUT2D eigenvalue weighted by molar-refractivity contribution is 7.89. The number of halogens is 2. The summed E-state index contributed by atoms with van der Waals surface area (Å²) in [6.07, 6.45) is 0. The van der Waals surface area contributed by atoms with Gasteiger partial charge in [-0.2, -0.15) is 4.31 Å². The van der Waals surface area contributed by atoms with E-state index >= 15 is 0 Å². The second kappa shape index (κ2) is 9.11. The molecular formula is C21H23F2N3O4S. The van der Waals surface area contributed by atoms with Gasteiger partial charge in [0.1, 0.15) is 0 Å².